The molecular formula is C17H30N4O. The average Bonchev–Trinajstić information content (AvgIpc) is 2.45. The van der Waals surface area contributed by atoms with Crippen LogP contribution in [0.15, 0.2) is 0 Å². The number of nitrogens with zero attached hydrogens (tertiary/aromatic N) is 4. The van der Waals surface area contributed by atoms with E-state index in [0.29, 0.717) is 5.92 Å². The molecule has 5 nitrogen and oxygen atoms in total. The molecule has 0 radical (unpaired) electrons. The molecule has 0 saturated carbocycles. The van der Waals surface area contributed by atoms with Gasteiger partial charge in [0.25, 0.3) is 0 Å². The molecule has 1 saturated heterocycles. The molecule has 1 aliphatic heterocycles. The molecule has 0 amide bonds. The lowest BCUT2D eigenvalue weighted by atomic mass is 10.0. The van der Waals surface area contributed by atoms with Crippen LogP contribution < -0.4 is 0 Å². The maximum absolute atomic E-state index is 5.15. The van der Waals surface area contributed by atoms with Crippen LogP contribution in [-0.2, 0) is 11.3 Å². The second kappa shape index (κ2) is 7.99. The fourth-order valence-electron chi connectivity index (χ4n) is 3.29. The Balaban J connectivity index is 1.92. The summed E-state index contributed by atoms with van der Waals surface area (Å²) in [5.74, 6) is 1.45. The summed E-state index contributed by atoms with van der Waals surface area (Å²) < 4.78 is 5.15. The minimum Gasteiger partial charge on any atom is -0.383 e. The van der Waals surface area contributed by atoms with E-state index < -0.39 is 0 Å². The predicted octanol–water partition coefficient (Wildman–Crippen LogP) is 1.98. The molecule has 0 aliphatic carbocycles. The van der Waals surface area contributed by atoms with Gasteiger partial charge in [0.15, 0.2) is 0 Å². The summed E-state index contributed by atoms with van der Waals surface area (Å²) in [5, 5.41) is 0. The first-order valence-corrected chi connectivity index (χ1v) is 8.29. The third kappa shape index (κ3) is 4.48. The summed E-state index contributed by atoms with van der Waals surface area (Å²) in [6, 6.07) is 0. The maximum atomic E-state index is 5.15. The second-order valence-corrected chi connectivity index (χ2v) is 6.49. The van der Waals surface area contributed by atoms with Gasteiger partial charge in [-0.15, -0.1) is 0 Å². The fraction of sp³-hybridized carbons (Fsp3) is 0.765. The molecule has 0 bridgehead atoms. The van der Waals surface area contributed by atoms with Crippen molar-refractivity contribution < 1.29 is 4.74 Å². The molecule has 0 unspecified atom stereocenters. The molecule has 2 heterocycles. The van der Waals surface area contributed by atoms with E-state index in [1.165, 1.54) is 5.56 Å². The second-order valence-electron chi connectivity index (χ2n) is 6.49. The van der Waals surface area contributed by atoms with Crippen molar-refractivity contribution in [3.8, 4) is 0 Å². The molecular weight excluding hydrogens is 276 g/mol. The summed E-state index contributed by atoms with van der Waals surface area (Å²) in [6.07, 6.45) is 0. The van der Waals surface area contributed by atoms with Gasteiger partial charge in [-0.2, -0.15) is 0 Å². The number of hydrogen-bond acceptors (Lipinski definition) is 5. The minimum atomic E-state index is 0.485. The van der Waals surface area contributed by atoms with Gasteiger partial charge in [0.1, 0.15) is 5.82 Å². The summed E-state index contributed by atoms with van der Waals surface area (Å²) in [7, 11) is 1.76. The van der Waals surface area contributed by atoms with Crippen LogP contribution in [0, 0.1) is 13.8 Å². The van der Waals surface area contributed by atoms with E-state index >= 15 is 0 Å². The maximum Gasteiger partial charge on any atom is 0.142 e. The van der Waals surface area contributed by atoms with Crippen LogP contribution >= 0.6 is 0 Å². The standard InChI is InChI=1S/C17H30N4O/c1-13(2)17-14(3)18-16(19-15(17)4)12-21-8-6-20(7-9-21)10-11-22-5/h13H,6-12H2,1-5H3. The Kier molecular flexibility index (Phi) is 6.29. The van der Waals surface area contributed by atoms with Gasteiger partial charge >= 0.3 is 0 Å². The van der Waals surface area contributed by atoms with E-state index in [9.17, 15) is 0 Å². The topological polar surface area (TPSA) is 41.5 Å². The van der Waals surface area contributed by atoms with Crippen molar-refractivity contribution in [1.29, 1.82) is 0 Å². The molecule has 1 aliphatic rings. The third-order valence-corrected chi connectivity index (χ3v) is 4.39. The summed E-state index contributed by atoms with van der Waals surface area (Å²) in [4.78, 5) is 14.4. The highest BCUT2D eigenvalue weighted by atomic mass is 16.5. The Morgan fingerprint density at radius 3 is 2.05 bits per heavy atom. The van der Waals surface area contributed by atoms with Gasteiger partial charge in [-0.05, 0) is 25.3 Å². The molecule has 1 aromatic rings. The zero-order chi connectivity index (χ0) is 16.1. The molecule has 22 heavy (non-hydrogen) atoms. The zero-order valence-electron chi connectivity index (χ0n) is 14.7. The molecule has 1 fully saturated rings. The number of rotatable bonds is 6. The van der Waals surface area contributed by atoms with Crippen molar-refractivity contribution in [1.82, 2.24) is 19.8 Å². The first-order valence-electron chi connectivity index (χ1n) is 8.29. The Labute approximate surface area is 134 Å². The highest BCUT2D eigenvalue weighted by molar-refractivity contribution is 5.27. The van der Waals surface area contributed by atoms with E-state index in [1.807, 2.05) is 0 Å². The monoisotopic (exact) mass is 306 g/mol. The molecule has 0 N–H and O–H groups in total. The van der Waals surface area contributed by atoms with E-state index in [1.54, 1.807) is 7.11 Å². The van der Waals surface area contributed by atoms with Crippen molar-refractivity contribution in [2.45, 2.75) is 40.2 Å². The average molecular weight is 306 g/mol. The number of aryl methyl sites for hydroxylation is 2. The van der Waals surface area contributed by atoms with Gasteiger partial charge < -0.3 is 4.74 Å². The molecule has 0 atom stereocenters. The van der Waals surface area contributed by atoms with E-state index in [2.05, 4.69) is 37.5 Å². The van der Waals surface area contributed by atoms with Gasteiger partial charge in [0, 0.05) is 51.2 Å². The highest BCUT2D eigenvalue weighted by Crippen LogP contribution is 2.21. The minimum absolute atomic E-state index is 0.485. The Hall–Kier alpha value is -1.04. The zero-order valence-corrected chi connectivity index (χ0v) is 14.7. The summed E-state index contributed by atoms with van der Waals surface area (Å²) in [5.41, 5.74) is 3.57. The number of ether oxygens (including phenoxy) is 1. The predicted molar refractivity (Wildman–Crippen MR) is 89.2 cm³/mol. The van der Waals surface area contributed by atoms with E-state index in [0.717, 1.165) is 63.1 Å². The molecule has 5 heteroatoms. The molecule has 0 spiro atoms. The van der Waals surface area contributed by atoms with Crippen LogP contribution in [0.3, 0.4) is 0 Å². The van der Waals surface area contributed by atoms with Crippen LogP contribution in [0.5, 0.6) is 0 Å². The fourth-order valence-corrected chi connectivity index (χ4v) is 3.29. The molecule has 124 valence electrons. The van der Waals surface area contributed by atoms with Crippen molar-refractivity contribution in [2.75, 3.05) is 46.4 Å². The smallest absolute Gasteiger partial charge is 0.142 e. The van der Waals surface area contributed by atoms with Gasteiger partial charge in [0.2, 0.25) is 0 Å². The lowest BCUT2D eigenvalue weighted by molar-refractivity contribution is 0.0925. The number of piperazine rings is 1. The summed E-state index contributed by atoms with van der Waals surface area (Å²) >= 11 is 0. The Morgan fingerprint density at radius 1 is 1.00 bits per heavy atom. The Bertz CT molecular complexity index is 459. The first-order chi connectivity index (χ1) is 10.5. The van der Waals surface area contributed by atoms with Crippen LogP contribution in [0.25, 0.3) is 0 Å². The largest absolute Gasteiger partial charge is 0.383 e. The van der Waals surface area contributed by atoms with Crippen molar-refractivity contribution in [2.24, 2.45) is 0 Å². The van der Waals surface area contributed by atoms with Crippen LogP contribution in [0.2, 0.25) is 0 Å². The molecule has 0 aromatic carbocycles. The van der Waals surface area contributed by atoms with Crippen LogP contribution in [0.4, 0.5) is 0 Å². The number of hydrogen-bond donors (Lipinski definition) is 0. The van der Waals surface area contributed by atoms with Gasteiger partial charge in [0.05, 0.1) is 13.2 Å². The lowest BCUT2D eigenvalue weighted by Crippen LogP contribution is -2.47. The van der Waals surface area contributed by atoms with Gasteiger partial charge in [-0.3, -0.25) is 9.80 Å². The normalized spacial score (nSPS) is 17.4. The molecule has 1 aromatic heterocycles. The SMILES string of the molecule is COCCN1CCN(Cc2nc(C)c(C(C)C)c(C)n2)CC1. The number of aromatic nitrogens is 2. The van der Waals surface area contributed by atoms with Crippen molar-refractivity contribution in [3.63, 3.8) is 0 Å². The van der Waals surface area contributed by atoms with E-state index in [4.69, 9.17) is 14.7 Å². The first kappa shape index (κ1) is 17.3. The third-order valence-electron chi connectivity index (χ3n) is 4.39. The van der Waals surface area contributed by atoms with Crippen molar-refractivity contribution >= 4 is 0 Å². The Morgan fingerprint density at radius 2 is 1.55 bits per heavy atom. The lowest BCUT2D eigenvalue weighted by Gasteiger charge is -2.34. The molecule has 2 rings (SSSR count). The van der Waals surface area contributed by atoms with Gasteiger partial charge in [-0.1, -0.05) is 13.8 Å². The number of methoxy groups -OCH3 is 1. The highest BCUT2D eigenvalue weighted by Gasteiger charge is 2.18. The van der Waals surface area contributed by atoms with Crippen molar-refractivity contribution in [3.05, 3.63) is 22.8 Å². The van der Waals surface area contributed by atoms with Crippen LogP contribution in [-0.4, -0.2) is 66.2 Å². The van der Waals surface area contributed by atoms with E-state index in [-0.39, 0.29) is 0 Å². The van der Waals surface area contributed by atoms with Gasteiger partial charge in [-0.25, -0.2) is 9.97 Å². The van der Waals surface area contributed by atoms with Crippen LogP contribution in [0.1, 0.15) is 42.5 Å². The quantitative estimate of drug-likeness (QED) is 0.804. The summed E-state index contributed by atoms with van der Waals surface area (Å²) in [6.45, 7) is 15.7.